The Labute approximate surface area is 185 Å². The largest absolute Gasteiger partial charge is 0.508 e. The number of hydrogen-bond acceptors (Lipinski definition) is 7. The van der Waals surface area contributed by atoms with Crippen LogP contribution in [0.25, 0.3) is 0 Å². The standard InChI is InChI=1S/C22H26N6O4/c1-22(2,3)32-21(31)26-15-8-6-14(7-9-15)25-20-17(18(23)30)19(27-28-20)24-12-13-4-10-16(29)11-5-13/h4-11,29H,12H2,1-3H3,(H2,23,30)(H,26,31)(H3,24,25,27,28). The van der Waals surface area contributed by atoms with E-state index < -0.39 is 17.6 Å². The summed E-state index contributed by atoms with van der Waals surface area (Å²) in [5, 5.41) is 25.1. The van der Waals surface area contributed by atoms with Crippen LogP contribution in [0.5, 0.6) is 5.75 Å². The number of ether oxygens (including phenoxy) is 1. The molecular formula is C22H26N6O4. The average molecular weight is 438 g/mol. The number of benzene rings is 2. The first-order valence-corrected chi connectivity index (χ1v) is 9.88. The third-order valence-electron chi connectivity index (χ3n) is 4.21. The van der Waals surface area contributed by atoms with Gasteiger partial charge in [-0.3, -0.25) is 15.2 Å². The van der Waals surface area contributed by atoms with E-state index >= 15 is 0 Å². The molecule has 0 saturated carbocycles. The van der Waals surface area contributed by atoms with E-state index in [1.807, 2.05) is 0 Å². The van der Waals surface area contributed by atoms with Crippen LogP contribution in [-0.2, 0) is 11.3 Å². The van der Waals surface area contributed by atoms with Crippen molar-refractivity contribution in [3.63, 3.8) is 0 Å². The molecular weight excluding hydrogens is 412 g/mol. The molecule has 3 rings (SSSR count). The van der Waals surface area contributed by atoms with E-state index in [1.165, 1.54) is 0 Å². The predicted octanol–water partition coefficient (Wildman–Crippen LogP) is 3.92. The Hall–Kier alpha value is -4.21. The van der Waals surface area contributed by atoms with Gasteiger partial charge in [-0.2, -0.15) is 5.10 Å². The van der Waals surface area contributed by atoms with Crippen molar-refractivity contribution in [2.24, 2.45) is 5.73 Å². The lowest BCUT2D eigenvalue weighted by Gasteiger charge is -2.19. The molecule has 0 bridgehead atoms. The van der Waals surface area contributed by atoms with Crippen molar-refractivity contribution in [2.45, 2.75) is 32.9 Å². The number of rotatable bonds is 7. The average Bonchev–Trinajstić information content (AvgIpc) is 3.10. The maximum atomic E-state index is 12.0. The number of nitrogens with one attached hydrogen (secondary N) is 4. The topological polar surface area (TPSA) is 154 Å². The molecule has 3 aromatic rings. The van der Waals surface area contributed by atoms with Crippen molar-refractivity contribution in [1.82, 2.24) is 10.2 Å². The fourth-order valence-corrected chi connectivity index (χ4v) is 2.80. The summed E-state index contributed by atoms with van der Waals surface area (Å²) in [6.45, 7) is 5.75. The van der Waals surface area contributed by atoms with Crippen LogP contribution in [0.4, 0.5) is 27.8 Å². The molecule has 0 aliphatic carbocycles. The molecule has 7 N–H and O–H groups in total. The van der Waals surface area contributed by atoms with E-state index in [9.17, 15) is 14.7 Å². The van der Waals surface area contributed by atoms with Gasteiger partial charge in [0, 0.05) is 17.9 Å². The van der Waals surface area contributed by atoms with E-state index in [0.717, 1.165) is 5.56 Å². The third kappa shape index (κ3) is 6.14. The van der Waals surface area contributed by atoms with E-state index in [2.05, 4.69) is 26.1 Å². The van der Waals surface area contributed by atoms with Crippen molar-refractivity contribution >= 4 is 35.0 Å². The van der Waals surface area contributed by atoms with Crippen molar-refractivity contribution < 1.29 is 19.4 Å². The highest BCUT2D eigenvalue weighted by molar-refractivity contribution is 6.03. The summed E-state index contributed by atoms with van der Waals surface area (Å²) >= 11 is 0. The number of anilines is 4. The van der Waals surface area contributed by atoms with Crippen LogP contribution in [0.15, 0.2) is 48.5 Å². The number of primary amides is 1. The van der Waals surface area contributed by atoms with Crippen molar-refractivity contribution in [2.75, 3.05) is 16.0 Å². The predicted molar refractivity (Wildman–Crippen MR) is 122 cm³/mol. The number of aromatic hydroxyl groups is 1. The third-order valence-corrected chi connectivity index (χ3v) is 4.21. The summed E-state index contributed by atoms with van der Waals surface area (Å²) in [6.07, 6.45) is -0.550. The summed E-state index contributed by atoms with van der Waals surface area (Å²) in [4.78, 5) is 23.9. The first-order valence-electron chi connectivity index (χ1n) is 9.88. The van der Waals surface area contributed by atoms with E-state index in [1.54, 1.807) is 69.3 Å². The number of carbonyl (C=O) groups is 2. The minimum Gasteiger partial charge on any atom is -0.508 e. The number of carbonyl (C=O) groups excluding carboxylic acids is 2. The zero-order valence-corrected chi connectivity index (χ0v) is 18.0. The second-order valence-electron chi connectivity index (χ2n) is 8.04. The van der Waals surface area contributed by atoms with Gasteiger partial charge in [-0.1, -0.05) is 12.1 Å². The lowest BCUT2D eigenvalue weighted by molar-refractivity contribution is 0.0635. The molecule has 1 heterocycles. The van der Waals surface area contributed by atoms with Gasteiger partial charge in [-0.15, -0.1) is 0 Å². The van der Waals surface area contributed by atoms with Gasteiger partial charge in [0.15, 0.2) is 5.82 Å². The zero-order valence-electron chi connectivity index (χ0n) is 18.0. The molecule has 2 amide bonds. The molecule has 168 valence electrons. The second kappa shape index (κ2) is 9.29. The Balaban J connectivity index is 1.67. The smallest absolute Gasteiger partial charge is 0.412 e. The number of phenolic OH excluding ortho intramolecular Hbond substituents is 1. The van der Waals surface area contributed by atoms with E-state index in [4.69, 9.17) is 10.5 Å². The molecule has 1 aromatic heterocycles. The van der Waals surface area contributed by atoms with Gasteiger partial charge in [0.2, 0.25) is 0 Å². The van der Waals surface area contributed by atoms with Gasteiger partial charge in [0.05, 0.1) is 0 Å². The number of nitrogens with zero attached hydrogens (tertiary/aromatic N) is 1. The maximum Gasteiger partial charge on any atom is 0.412 e. The van der Waals surface area contributed by atoms with Crippen LogP contribution in [0, 0.1) is 0 Å². The molecule has 0 fully saturated rings. The van der Waals surface area contributed by atoms with Crippen LogP contribution in [0.1, 0.15) is 36.7 Å². The minimum absolute atomic E-state index is 0.173. The Morgan fingerprint density at radius 1 is 1.06 bits per heavy atom. The summed E-state index contributed by atoms with van der Waals surface area (Å²) in [7, 11) is 0. The van der Waals surface area contributed by atoms with Gasteiger partial charge in [0.1, 0.15) is 22.7 Å². The lowest BCUT2D eigenvalue weighted by atomic mass is 10.2. The Morgan fingerprint density at radius 2 is 1.69 bits per heavy atom. The molecule has 0 spiro atoms. The zero-order chi connectivity index (χ0) is 23.3. The van der Waals surface area contributed by atoms with Crippen LogP contribution in [-0.4, -0.2) is 32.9 Å². The highest BCUT2D eigenvalue weighted by Gasteiger charge is 2.19. The summed E-state index contributed by atoms with van der Waals surface area (Å²) in [5.74, 6) is 0.152. The number of nitrogens with two attached hydrogens (primary N) is 1. The summed E-state index contributed by atoms with van der Waals surface area (Å²) in [6, 6.07) is 13.5. The van der Waals surface area contributed by atoms with Crippen molar-refractivity contribution in [3.8, 4) is 5.75 Å². The first kappa shape index (κ1) is 22.5. The van der Waals surface area contributed by atoms with Gasteiger partial charge in [0.25, 0.3) is 5.91 Å². The number of hydrogen-bond donors (Lipinski definition) is 6. The second-order valence-corrected chi connectivity index (χ2v) is 8.04. The first-order chi connectivity index (χ1) is 15.1. The van der Waals surface area contributed by atoms with Gasteiger partial charge < -0.3 is 26.2 Å². The van der Waals surface area contributed by atoms with Crippen LogP contribution < -0.4 is 21.7 Å². The molecule has 0 atom stereocenters. The Bertz CT molecular complexity index is 1090. The summed E-state index contributed by atoms with van der Waals surface area (Å²) in [5.41, 5.74) is 7.24. The molecule has 0 saturated heterocycles. The number of aromatic amines is 1. The molecule has 2 aromatic carbocycles. The summed E-state index contributed by atoms with van der Waals surface area (Å²) < 4.78 is 5.22. The Morgan fingerprint density at radius 3 is 2.28 bits per heavy atom. The molecule has 0 radical (unpaired) electrons. The van der Waals surface area contributed by atoms with Crippen LogP contribution >= 0.6 is 0 Å². The van der Waals surface area contributed by atoms with Crippen LogP contribution in [0.3, 0.4) is 0 Å². The molecule has 0 aliphatic rings. The highest BCUT2D eigenvalue weighted by Crippen LogP contribution is 2.26. The van der Waals surface area contributed by atoms with Gasteiger partial charge in [-0.05, 0) is 62.7 Å². The number of aromatic nitrogens is 2. The fraction of sp³-hybridized carbons (Fsp3) is 0.227. The SMILES string of the molecule is CC(C)(C)OC(=O)Nc1ccc(Nc2n[nH]c(NCc3ccc(O)cc3)c2C(N)=O)cc1. The number of amides is 2. The van der Waals surface area contributed by atoms with E-state index in [0.29, 0.717) is 23.7 Å². The van der Waals surface area contributed by atoms with Gasteiger partial charge in [-0.25, -0.2) is 4.79 Å². The highest BCUT2D eigenvalue weighted by atomic mass is 16.6. The lowest BCUT2D eigenvalue weighted by Crippen LogP contribution is -2.27. The molecule has 10 nitrogen and oxygen atoms in total. The van der Waals surface area contributed by atoms with Gasteiger partial charge >= 0.3 is 6.09 Å². The molecule has 10 heteroatoms. The quantitative estimate of drug-likeness (QED) is 0.327. The molecule has 0 aliphatic heterocycles. The maximum absolute atomic E-state index is 12.0. The van der Waals surface area contributed by atoms with Crippen molar-refractivity contribution in [1.29, 1.82) is 0 Å². The van der Waals surface area contributed by atoms with Crippen molar-refractivity contribution in [3.05, 3.63) is 59.7 Å². The monoisotopic (exact) mass is 438 g/mol. The number of phenols is 1. The number of H-pyrrole nitrogens is 1. The normalized spacial score (nSPS) is 11.0. The molecule has 32 heavy (non-hydrogen) atoms. The molecule has 0 unspecified atom stereocenters. The van der Waals surface area contributed by atoms with E-state index in [-0.39, 0.29) is 17.1 Å². The Kier molecular flexibility index (Phi) is 6.53. The van der Waals surface area contributed by atoms with Crippen LogP contribution in [0.2, 0.25) is 0 Å². The fourth-order valence-electron chi connectivity index (χ4n) is 2.80. The minimum atomic E-state index is -0.655.